The first-order chi connectivity index (χ1) is 9.39. The van der Waals surface area contributed by atoms with Gasteiger partial charge in [-0.3, -0.25) is 4.68 Å². The highest BCUT2D eigenvalue weighted by Gasteiger charge is 2.31. The van der Waals surface area contributed by atoms with E-state index in [9.17, 15) is 13.2 Å². The van der Waals surface area contributed by atoms with Crippen molar-refractivity contribution in [3.05, 3.63) is 47.8 Å². The van der Waals surface area contributed by atoms with Crippen molar-refractivity contribution in [2.75, 3.05) is 7.05 Å². The number of ether oxygens (including phenoxy) is 1. The quantitative estimate of drug-likeness (QED) is 0.938. The van der Waals surface area contributed by atoms with E-state index in [0.29, 0.717) is 0 Å². The van der Waals surface area contributed by atoms with Crippen LogP contribution in [0.25, 0.3) is 0 Å². The summed E-state index contributed by atoms with van der Waals surface area (Å²) in [5.41, 5.74) is 1.76. The summed E-state index contributed by atoms with van der Waals surface area (Å²) < 4.78 is 41.8. The molecule has 1 atom stereocenters. The lowest BCUT2D eigenvalue weighted by molar-refractivity contribution is -0.274. The molecule has 0 fully saturated rings. The Balaban J connectivity index is 2.19. The number of nitrogens with one attached hydrogen (secondary N) is 1. The summed E-state index contributed by atoms with van der Waals surface area (Å²) in [5, 5.41) is 7.18. The summed E-state index contributed by atoms with van der Waals surface area (Å²) in [6, 6.07) is 5.64. The maximum absolute atomic E-state index is 12.1. The predicted octanol–water partition coefficient (Wildman–Crippen LogP) is 2.63. The Morgan fingerprint density at radius 1 is 1.20 bits per heavy atom. The average molecular weight is 285 g/mol. The van der Waals surface area contributed by atoms with Gasteiger partial charge in [-0.15, -0.1) is 13.2 Å². The Labute approximate surface area is 114 Å². The van der Waals surface area contributed by atoms with Crippen molar-refractivity contribution < 1.29 is 17.9 Å². The minimum Gasteiger partial charge on any atom is -0.406 e. The standard InChI is InChI=1S/C13H14F3N3O/c1-17-12(10-7-18-19(2)8-10)9-3-5-11(6-4-9)20-13(14,15)16/h3-8,12,17H,1-2H3. The molecule has 2 rings (SSSR count). The molecule has 108 valence electrons. The van der Waals surface area contributed by atoms with E-state index >= 15 is 0 Å². The molecule has 1 aromatic carbocycles. The van der Waals surface area contributed by atoms with Gasteiger partial charge in [-0.25, -0.2) is 0 Å². The molecule has 7 heteroatoms. The topological polar surface area (TPSA) is 39.1 Å². The number of hydrogen-bond acceptors (Lipinski definition) is 3. The lowest BCUT2D eigenvalue weighted by Gasteiger charge is -2.16. The number of aromatic nitrogens is 2. The number of alkyl halides is 3. The monoisotopic (exact) mass is 285 g/mol. The van der Waals surface area contributed by atoms with Gasteiger partial charge in [-0.1, -0.05) is 12.1 Å². The summed E-state index contributed by atoms with van der Waals surface area (Å²) in [7, 11) is 3.58. The molecule has 4 nitrogen and oxygen atoms in total. The third kappa shape index (κ3) is 3.51. The zero-order chi connectivity index (χ0) is 14.8. The van der Waals surface area contributed by atoms with Crippen LogP contribution in [0.3, 0.4) is 0 Å². The highest BCUT2D eigenvalue weighted by atomic mass is 19.4. The van der Waals surface area contributed by atoms with Crippen LogP contribution in [0.15, 0.2) is 36.7 Å². The van der Waals surface area contributed by atoms with Gasteiger partial charge in [0.05, 0.1) is 12.2 Å². The molecule has 1 aromatic heterocycles. The molecule has 0 radical (unpaired) electrons. The second-order valence-corrected chi connectivity index (χ2v) is 4.29. The molecule has 0 saturated heterocycles. The van der Waals surface area contributed by atoms with Gasteiger partial charge in [0.25, 0.3) is 0 Å². The maximum Gasteiger partial charge on any atom is 0.573 e. The Morgan fingerprint density at radius 2 is 1.85 bits per heavy atom. The number of aryl methyl sites for hydroxylation is 1. The van der Waals surface area contributed by atoms with Crippen molar-refractivity contribution >= 4 is 0 Å². The van der Waals surface area contributed by atoms with Gasteiger partial charge < -0.3 is 10.1 Å². The molecule has 0 aliphatic carbocycles. The lowest BCUT2D eigenvalue weighted by atomic mass is 10.0. The van der Waals surface area contributed by atoms with Gasteiger partial charge in [0.1, 0.15) is 5.75 Å². The highest BCUT2D eigenvalue weighted by molar-refractivity contribution is 5.34. The van der Waals surface area contributed by atoms with E-state index < -0.39 is 6.36 Å². The van der Waals surface area contributed by atoms with Crippen LogP contribution in [0.2, 0.25) is 0 Å². The number of halogens is 3. The van der Waals surface area contributed by atoms with Crippen molar-refractivity contribution in [2.24, 2.45) is 7.05 Å². The van der Waals surface area contributed by atoms with E-state index in [2.05, 4.69) is 15.2 Å². The molecule has 2 aromatic rings. The fourth-order valence-corrected chi connectivity index (χ4v) is 1.98. The van der Waals surface area contributed by atoms with Gasteiger partial charge in [0.2, 0.25) is 0 Å². The molecule has 20 heavy (non-hydrogen) atoms. The minimum atomic E-state index is -4.67. The first-order valence-electron chi connectivity index (χ1n) is 5.90. The summed E-state index contributed by atoms with van der Waals surface area (Å²) in [6.07, 6.45) is -1.12. The summed E-state index contributed by atoms with van der Waals surface area (Å²) in [6.45, 7) is 0. The van der Waals surface area contributed by atoms with E-state index in [1.165, 1.54) is 12.1 Å². The first-order valence-corrected chi connectivity index (χ1v) is 5.90. The Bertz CT molecular complexity index is 563. The molecule has 1 N–H and O–H groups in total. The first kappa shape index (κ1) is 14.4. The Morgan fingerprint density at radius 3 is 2.30 bits per heavy atom. The molecule has 0 bridgehead atoms. The molecule has 0 aliphatic heterocycles. The van der Waals surface area contributed by atoms with E-state index in [-0.39, 0.29) is 11.8 Å². The fourth-order valence-electron chi connectivity index (χ4n) is 1.98. The molecule has 0 spiro atoms. The van der Waals surface area contributed by atoms with Crippen LogP contribution < -0.4 is 10.1 Å². The van der Waals surface area contributed by atoms with E-state index in [1.54, 1.807) is 37.1 Å². The van der Waals surface area contributed by atoms with E-state index in [4.69, 9.17) is 0 Å². The maximum atomic E-state index is 12.1. The summed E-state index contributed by atoms with van der Waals surface area (Å²) in [4.78, 5) is 0. The Kier molecular flexibility index (Phi) is 3.99. The molecule has 0 aliphatic rings. The van der Waals surface area contributed by atoms with Crippen LogP contribution in [0.5, 0.6) is 5.75 Å². The Hall–Kier alpha value is -2.02. The van der Waals surface area contributed by atoms with Crippen LogP contribution in [0, 0.1) is 0 Å². The van der Waals surface area contributed by atoms with Crippen molar-refractivity contribution in [1.29, 1.82) is 0 Å². The molecule has 0 saturated carbocycles. The molecule has 0 amide bonds. The SMILES string of the molecule is CNC(c1ccc(OC(F)(F)F)cc1)c1cnn(C)c1. The second kappa shape index (κ2) is 5.54. The van der Waals surface area contributed by atoms with Crippen LogP contribution >= 0.6 is 0 Å². The summed E-state index contributed by atoms with van der Waals surface area (Å²) >= 11 is 0. The van der Waals surface area contributed by atoms with Crippen molar-refractivity contribution in [3.63, 3.8) is 0 Å². The average Bonchev–Trinajstić information content (AvgIpc) is 2.77. The normalized spacial score (nSPS) is 13.2. The van der Waals surface area contributed by atoms with Gasteiger partial charge in [0.15, 0.2) is 0 Å². The van der Waals surface area contributed by atoms with E-state index in [1.807, 2.05) is 6.20 Å². The van der Waals surface area contributed by atoms with Crippen LogP contribution in [-0.2, 0) is 7.05 Å². The van der Waals surface area contributed by atoms with Crippen LogP contribution in [0.4, 0.5) is 13.2 Å². The minimum absolute atomic E-state index is 0.136. The zero-order valence-electron chi connectivity index (χ0n) is 11.0. The lowest BCUT2D eigenvalue weighted by Crippen LogP contribution is -2.18. The van der Waals surface area contributed by atoms with Crippen molar-refractivity contribution in [2.45, 2.75) is 12.4 Å². The van der Waals surface area contributed by atoms with Crippen molar-refractivity contribution in [3.8, 4) is 5.75 Å². The highest BCUT2D eigenvalue weighted by Crippen LogP contribution is 2.26. The fraction of sp³-hybridized carbons (Fsp3) is 0.308. The van der Waals surface area contributed by atoms with Gasteiger partial charge in [0, 0.05) is 18.8 Å². The number of rotatable bonds is 4. The number of nitrogens with zero attached hydrogens (tertiary/aromatic N) is 2. The third-order valence-electron chi connectivity index (χ3n) is 2.79. The smallest absolute Gasteiger partial charge is 0.406 e. The number of benzene rings is 1. The van der Waals surface area contributed by atoms with Crippen LogP contribution in [0.1, 0.15) is 17.2 Å². The molecular weight excluding hydrogens is 271 g/mol. The summed E-state index contributed by atoms with van der Waals surface area (Å²) in [5.74, 6) is -0.234. The van der Waals surface area contributed by atoms with E-state index in [0.717, 1.165) is 11.1 Å². The number of hydrogen-bond donors (Lipinski definition) is 1. The van der Waals surface area contributed by atoms with Gasteiger partial charge in [-0.2, -0.15) is 5.10 Å². The van der Waals surface area contributed by atoms with Gasteiger partial charge >= 0.3 is 6.36 Å². The van der Waals surface area contributed by atoms with Crippen LogP contribution in [-0.4, -0.2) is 23.2 Å². The predicted molar refractivity (Wildman–Crippen MR) is 67.2 cm³/mol. The molecule has 1 heterocycles. The molecule has 1 unspecified atom stereocenters. The molecular formula is C13H14F3N3O. The largest absolute Gasteiger partial charge is 0.573 e. The third-order valence-corrected chi connectivity index (χ3v) is 2.79. The van der Waals surface area contributed by atoms with Gasteiger partial charge in [-0.05, 0) is 24.7 Å². The zero-order valence-corrected chi connectivity index (χ0v) is 11.0. The second-order valence-electron chi connectivity index (χ2n) is 4.29. The van der Waals surface area contributed by atoms with Crippen molar-refractivity contribution in [1.82, 2.24) is 15.1 Å².